The molecule has 2 saturated heterocycles. The van der Waals surface area contributed by atoms with Gasteiger partial charge >= 0.3 is 6.01 Å². The fourth-order valence-electron chi connectivity index (χ4n) is 8.78. The number of amides is 1. The zero-order valence-corrected chi connectivity index (χ0v) is 29.9. The first-order valence-corrected chi connectivity index (χ1v) is 18.5. The van der Waals surface area contributed by atoms with E-state index in [1.807, 2.05) is 25.7 Å². The third kappa shape index (κ3) is 6.08. The van der Waals surface area contributed by atoms with E-state index in [1.165, 1.54) is 6.07 Å². The SMILES string of the molecule is CCc1c(F)ccc2cc(O)cc(N3CCc4c(nc(OC[C@@]56CCCN5C[C@H](F)C6)nc4N4CCCn5nc(C(=O)NC(C)C)c(F)c5C4)C3)c12. The van der Waals surface area contributed by atoms with Gasteiger partial charge in [-0.25, -0.2) is 13.2 Å². The predicted octanol–water partition coefficient (Wildman–Crippen LogP) is 5.44. The molecule has 2 N–H and O–H groups in total. The molecule has 2 aromatic carbocycles. The summed E-state index contributed by atoms with van der Waals surface area (Å²) in [4.78, 5) is 29.0. The smallest absolute Gasteiger partial charge is 0.318 e. The van der Waals surface area contributed by atoms with Crippen LogP contribution in [0.2, 0.25) is 0 Å². The number of benzene rings is 2. The van der Waals surface area contributed by atoms with Crippen molar-refractivity contribution >= 4 is 28.2 Å². The van der Waals surface area contributed by atoms with E-state index in [4.69, 9.17) is 14.7 Å². The molecule has 2 fully saturated rings. The summed E-state index contributed by atoms with van der Waals surface area (Å²) in [5.41, 5.74) is 2.58. The Morgan fingerprint density at radius 1 is 1.10 bits per heavy atom. The quantitative estimate of drug-likeness (QED) is 0.246. The molecule has 0 saturated carbocycles. The third-order valence-corrected chi connectivity index (χ3v) is 11.1. The topological polar surface area (TPSA) is 112 Å². The van der Waals surface area contributed by atoms with E-state index in [9.17, 15) is 14.3 Å². The summed E-state index contributed by atoms with van der Waals surface area (Å²) in [6.07, 6.45) is 2.96. The molecule has 8 rings (SSSR count). The molecule has 0 radical (unpaired) electrons. The lowest BCUT2D eigenvalue weighted by atomic mass is 9.95. The van der Waals surface area contributed by atoms with Gasteiger partial charge in [-0.2, -0.15) is 15.1 Å². The van der Waals surface area contributed by atoms with Crippen LogP contribution in [0.1, 0.15) is 79.5 Å². The molecule has 4 aromatic rings. The van der Waals surface area contributed by atoms with Gasteiger partial charge in [0.05, 0.1) is 30.0 Å². The second kappa shape index (κ2) is 13.4. The van der Waals surface area contributed by atoms with Gasteiger partial charge in [-0.15, -0.1) is 0 Å². The third-order valence-electron chi connectivity index (χ3n) is 11.1. The number of ether oxygens (including phenoxy) is 1. The van der Waals surface area contributed by atoms with E-state index in [2.05, 4.69) is 20.2 Å². The Morgan fingerprint density at radius 2 is 1.94 bits per heavy atom. The summed E-state index contributed by atoms with van der Waals surface area (Å²) in [6, 6.07) is 6.45. The summed E-state index contributed by atoms with van der Waals surface area (Å²) < 4.78 is 53.7. The van der Waals surface area contributed by atoms with E-state index >= 15 is 8.78 Å². The van der Waals surface area contributed by atoms with Crippen LogP contribution in [0.15, 0.2) is 24.3 Å². The van der Waals surface area contributed by atoms with Crippen LogP contribution < -0.4 is 19.9 Å². The number of aryl methyl sites for hydroxylation is 2. The lowest BCUT2D eigenvalue weighted by molar-refractivity contribution is 0.0933. The largest absolute Gasteiger partial charge is 0.508 e. The Hall–Kier alpha value is -4.59. The normalized spacial score (nSPS) is 21.7. The van der Waals surface area contributed by atoms with Crippen molar-refractivity contribution in [1.82, 2.24) is 30.0 Å². The van der Waals surface area contributed by atoms with Gasteiger partial charge < -0.3 is 25.0 Å². The minimum atomic E-state index is -0.906. The molecule has 14 heteroatoms. The van der Waals surface area contributed by atoms with Gasteiger partial charge in [0.1, 0.15) is 30.2 Å². The minimum absolute atomic E-state index is 0.0853. The zero-order valence-electron chi connectivity index (χ0n) is 29.9. The van der Waals surface area contributed by atoms with Crippen molar-refractivity contribution in [2.75, 3.05) is 42.6 Å². The first kappa shape index (κ1) is 34.5. The van der Waals surface area contributed by atoms with Crippen LogP contribution in [0.25, 0.3) is 10.8 Å². The van der Waals surface area contributed by atoms with E-state index in [0.29, 0.717) is 86.9 Å². The van der Waals surface area contributed by atoms with Gasteiger partial charge in [-0.3, -0.25) is 14.4 Å². The maximum Gasteiger partial charge on any atom is 0.318 e. The van der Waals surface area contributed by atoms with E-state index < -0.39 is 23.4 Å². The van der Waals surface area contributed by atoms with Gasteiger partial charge in [0.25, 0.3) is 5.91 Å². The lowest BCUT2D eigenvalue weighted by Gasteiger charge is -2.35. The highest BCUT2D eigenvalue weighted by Gasteiger charge is 2.49. The number of hydrogen-bond acceptors (Lipinski definition) is 9. The molecule has 0 spiro atoms. The summed E-state index contributed by atoms with van der Waals surface area (Å²) in [7, 11) is 0. The summed E-state index contributed by atoms with van der Waals surface area (Å²) in [5, 5.41) is 19.3. The fraction of sp³-hybridized carbons (Fsp3) is 0.526. The summed E-state index contributed by atoms with van der Waals surface area (Å²) in [6.45, 7) is 9.03. The van der Waals surface area contributed by atoms with Crippen molar-refractivity contribution in [3.05, 3.63) is 64.1 Å². The first-order valence-electron chi connectivity index (χ1n) is 18.5. The van der Waals surface area contributed by atoms with Crippen LogP contribution in [-0.2, 0) is 32.5 Å². The van der Waals surface area contributed by atoms with Crippen LogP contribution in [0.5, 0.6) is 11.8 Å². The zero-order chi connectivity index (χ0) is 36.3. The molecule has 4 aliphatic rings. The van der Waals surface area contributed by atoms with E-state index in [1.54, 1.807) is 22.9 Å². The van der Waals surface area contributed by atoms with Crippen LogP contribution >= 0.6 is 0 Å². The van der Waals surface area contributed by atoms with Gasteiger partial charge in [-0.1, -0.05) is 13.0 Å². The number of hydrogen-bond donors (Lipinski definition) is 2. The Kier molecular flexibility index (Phi) is 8.91. The molecule has 1 amide bonds. The molecule has 6 heterocycles. The number of anilines is 2. The van der Waals surface area contributed by atoms with Gasteiger partial charge in [0.15, 0.2) is 11.5 Å². The summed E-state index contributed by atoms with van der Waals surface area (Å²) in [5.74, 6) is -0.781. The van der Waals surface area contributed by atoms with E-state index in [-0.39, 0.29) is 42.5 Å². The molecule has 11 nitrogen and oxygen atoms in total. The van der Waals surface area contributed by atoms with Crippen molar-refractivity contribution in [3.8, 4) is 11.8 Å². The highest BCUT2D eigenvalue weighted by atomic mass is 19.1. The van der Waals surface area contributed by atoms with Crippen molar-refractivity contribution in [2.45, 2.75) is 96.7 Å². The molecule has 4 aliphatic heterocycles. The average molecular weight is 719 g/mol. The van der Waals surface area contributed by atoms with Crippen molar-refractivity contribution in [2.24, 2.45) is 0 Å². The highest BCUT2D eigenvalue weighted by Crippen LogP contribution is 2.42. The van der Waals surface area contributed by atoms with Gasteiger partial charge in [0.2, 0.25) is 0 Å². The molecule has 52 heavy (non-hydrogen) atoms. The molecule has 0 unspecified atom stereocenters. The van der Waals surface area contributed by atoms with Crippen molar-refractivity contribution in [3.63, 3.8) is 0 Å². The second-order valence-corrected chi connectivity index (χ2v) is 15.0. The number of halogens is 3. The number of nitrogens with one attached hydrogen (secondary N) is 1. The fourth-order valence-corrected chi connectivity index (χ4v) is 8.78. The number of carbonyl (C=O) groups is 1. The number of aromatic hydroxyl groups is 1. The highest BCUT2D eigenvalue weighted by molar-refractivity contribution is 5.98. The monoisotopic (exact) mass is 718 g/mol. The first-order chi connectivity index (χ1) is 25.0. The minimum Gasteiger partial charge on any atom is -0.508 e. The number of phenolic OH excluding ortho intramolecular Hbond substituents is 1. The number of alkyl halides is 1. The number of carbonyl (C=O) groups excluding carboxylic acids is 1. The van der Waals surface area contributed by atoms with Crippen LogP contribution in [0.3, 0.4) is 0 Å². The molecular weight excluding hydrogens is 673 g/mol. The Morgan fingerprint density at radius 3 is 2.75 bits per heavy atom. The maximum atomic E-state index is 15.9. The number of rotatable bonds is 8. The predicted molar refractivity (Wildman–Crippen MR) is 191 cm³/mol. The number of phenols is 1. The molecular formula is C38H45F3N8O3. The van der Waals surface area contributed by atoms with Crippen LogP contribution in [0.4, 0.5) is 24.7 Å². The van der Waals surface area contributed by atoms with Crippen molar-refractivity contribution in [1.29, 1.82) is 0 Å². The Labute approximate surface area is 300 Å². The molecule has 2 atom stereocenters. The molecule has 0 bridgehead atoms. The van der Waals surface area contributed by atoms with Crippen LogP contribution in [0, 0.1) is 11.6 Å². The average Bonchev–Trinajstić information content (AvgIpc) is 3.68. The maximum absolute atomic E-state index is 15.9. The van der Waals surface area contributed by atoms with Crippen molar-refractivity contribution < 1.29 is 27.8 Å². The van der Waals surface area contributed by atoms with Gasteiger partial charge in [-0.05, 0) is 75.6 Å². The van der Waals surface area contributed by atoms with Crippen LogP contribution in [-0.4, -0.2) is 86.2 Å². The Bertz CT molecular complexity index is 2040. The summed E-state index contributed by atoms with van der Waals surface area (Å²) >= 11 is 0. The standard InChI is InChI=1S/C38H45F3N8O3/c1-4-26-28(40)8-7-23-15-25(50)16-30(32(23)26)46-14-9-27-29(19-46)43-37(52-21-38-10-5-12-48(38)18-24(39)17-38)44-35(27)47-11-6-13-49-31(20-47)33(41)34(45-49)36(51)42-22(2)3/h7-8,15-16,22,24,50H,4-6,9-14,17-21H2,1-3H3,(H,42,51)/t24-,38+/m1/s1. The number of nitrogens with zero attached hydrogens (tertiary/aromatic N) is 7. The lowest BCUT2D eigenvalue weighted by Crippen LogP contribution is -2.43. The number of aromatic nitrogens is 4. The molecule has 0 aliphatic carbocycles. The Balaban J connectivity index is 1.17. The second-order valence-electron chi connectivity index (χ2n) is 15.0. The molecule has 2 aromatic heterocycles. The van der Waals surface area contributed by atoms with Gasteiger partial charge in [0, 0.05) is 61.3 Å². The number of fused-ring (bicyclic) bond motifs is 4. The van der Waals surface area contributed by atoms with E-state index in [0.717, 1.165) is 35.7 Å². The molecule has 276 valence electrons.